The standard InChI is InChI=1S/C13H6Cl2FNOS/c14-9-3-1-2-7(12(9)16)8(6-17)13(18)10-4-5-11(15)19-10/h1-5,8H. The molecule has 0 aliphatic heterocycles. The Morgan fingerprint density at radius 2 is 2.05 bits per heavy atom. The number of carbonyl (C=O) groups excluding carboxylic acids is 1. The fourth-order valence-electron chi connectivity index (χ4n) is 1.60. The molecular formula is C13H6Cl2FNOS. The van der Waals surface area contributed by atoms with Crippen LogP contribution in [0.2, 0.25) is 9.36 Å². The van der Waals surface area contributed by atoms with Gasteiger partial charge in [-0.25, -0.2) is 4.39 Å². The van der Waals surface area contributed by atoms with Crippen molar-refractivity contribution in [1.82, 2.24) is 0 Å². The van der Waals surface area contributed by atoms with Crippen molar-refractivity contribution in [1.29, 1.82) is 5.26 Å². The number of halogens is 3. The molecule has 1 unspecified atom stereocenters. The number of Topliss-reactive ketones (excluding diaryl/α,β-unsaturated/α-hetero) is 1. The summed E-state index contributed by atoms with van der Waals surface area (Å²) in [4.78, 5) is 12.5. The molecule has 0 bridgehead atoms. The Bertz CT molecular complexity index is 678. The number of rotatable bonds is 3. The second-order valence-corrected chi connectivity index (χ2v) is 5.80. The van der Waals surface area contributed by atoms with Crippen LogP contribution in [-0.2, 0) is 0 Å². The molecule has 1 atom stereocenters. The van der Waals surface area contributed by atoms with E-state index in [1.54, 1.807) is 6.07 Å². The highest BCUT2D eigenvalue weighted by atomic mass is 35.5. The molecule has 0 radical (unpaired) electrons. The third-order valence-corrected chi connectivity index (χ3v) is 4.04. The van der Waals surface area contributed by atoms with Gasteiger partial charge >= 0.3 is 0 Å². The third-order valence-electron chi connectivity index (χ3n) is 2.50. The lowest BCUT2D eigenvalue weighted by Gasteiger charge is -2.09. The van der Waals surface area contributed by atoms with Crippen LogP contribution in [0.4, 0.5) is 4.39 Å². The number of hydrogen-bond acceptors (Lipinski definition) is 3. The van der Waals surface area contributed by atoms with Crippen LogP contribution in [0.25, 0.3) is 0 Å². The zero-order chi connectivity index (χ0) is 14.0. The van der Waals surface area contributed by atoms with E-state index in [1.807, 2.05) is 6.07 Å². The monoisotopic (exact) mass is 313 g/mol. The van der Waals surface area contributed by atoms with Gasteiger partial charge in [0.05, 0.1) is 20.3 Å². The zero-order valence-corrected chi connectivity index (χ0v) is 11.7. The molecule has 1 aromatic heterocycles. The molecule has 96 valence electrons. The highest BCUT2D eigenvalue weighted by Gasteiger charge is 2.26. The number of benzene rings is 1. The number of ketones is 1. The van der Waals surface area contributed by atoms with Gasteiger partial charge in [-0.2, -0.15) is 5.26 Å². The van der Waals surface area contributed by atoms with E-state index in [0.717, 1.165) is 11.3 Å². The van der Waals surface area contributed by atoms with Crippen molar-refractivity contribution in [3.8, 4) is 6.07 Å². The Morgan fingerprint density at radius 3 is 2.63 bits per heavy atom. The van der Waals surface area contributed by atoms with E-state index in [1.165, 1.54) is 24.3 Å². The first kappa shape index (κ1) is 14.0. The molecule has 0 saturated carbocycles. The first-order valence-corrected chi connectivity index (χ1v) is 6.75. The summed E-state index contributed by atoms with van der Waals surface area (Å²) in [5.74, 6) is -2.46. The van der Waals surface area contributed by atoms with Gasteiger partial charge in [-0.05, 0) is 18.2 Å². The van der Waals surface area contributed by atoms with Crippen LogP contribution in [0.5, 0.6) is 0 Å². The maximum atomic E-state index is 13.9. The molecule has 6 heteroatoms. The largest absolute Gasteiger partial charge is 0.291 e. The Kier molecular flexibility index (Phi) is 4.20. The van der Waals surface area contributed by atoms with E-state index >= 15 is 0 Å². The highest BCUT2D eigenvalue weighted by molar-refractivity contribution is 7.18. The van der Waals surface area contributed by atoms with E-state index in [9.17, 15) is 9.18 Å². The van der Waals surface area contributed by atoms with Crippen molar-refractivity contribution in [3.63, 3.8) is 0 Å². The van der Waals surface area contributed by atoms with Crippen molar-refractivity contribution in [2.24, 2.45) is 0 Å². The molecule has 2 nitrogen and oxygen atoms in total. The van der Waals surface area contributed by atoms with Crippen molar-refractivity contribution in [2.45, 2.75) is 5.92 Å². The van der Waals surface area contributed by atoms with Crippen molar-refractivity contribution >= 4 is 40.3 Å². The quantitative estimate of drug-likeness (QED) is 0.772. The van der Waals surface area contributed by atoms with Gasteiger partial charge in [-0.15, -0.1) is 11.3 Å². The van der Waals surface area contributed by atoms with Gasteiger partial charge in [0.2, 0.25) is 0 Å². The summed E-state index contributed by atoms with van der Waals surface area (Å²) in [7, 11) is 0. The minimum atomic E-state index is -1.23. The first-order valence-electron chi connectivity index (χ1n) is 5.17. The van der Waals surface area contributed by atoms with Crippen LogP contribution in [-0.4, -0.2) is 5.78 Å². The molecule has 1 heterocycles. The maximum Gasteiger partial charge on any atom is 0.194 e. The molecule has 0 spiro atoms. The average Bonchev–Trinajstić information content (AvgIpc) is 2.82. The van der Waals surface area contributed by atoms with Crippen molar-refractivity contribution in [3.05, 3.63) is 55.9 Å². The maximum absolute atomic E-state index is 13.9. The van der Waals surface area contributed by atoms with Gasteiger partial charge in [0.1, 0.15) is 11.7 Å². The zero-order valence-electron chi connectivity index (χ0n) is 9.36. The van der Waals surface area contributed by atoms with E-state index in [4.69, 9.17) is 28.5 Å². The van der Waals surface area contributed by atoms with Gasteiger partial charge in [0, 0.05) is 5.56 Å². The van der Waals surface area contributed by atoms with Crippen LogP contribution < -0.4 is 0 Å². The highest BCUT2D eigenvalue weighted by Crippen LogP contribution is 2.30. The Morgan fingerprint density at radius 1 is 1.32 bits per heavy atom. The fraction of sp³-hybridized carbons (Fsp3) is 0.0769. The van der Waals surface area contributed by atoms with E-state index in [-0.39, 0.29) is 10.6 Å². The number of hydrogen-bond donors (Lipinski definition) is 0. The summed E-state index contributed by atoms with van der Waals surface area (Å²) < 4.78 is 14.3. The molecule has 0 aliphatic carbocycles. The van der Waals surface area contributed by atoms with E-state index in [0.29, 0.717) is 9.21 Å². The molecule has 1 aromatic carbocycles. The van der Waals surface area contributed by atoms with Gasteiger partial charge < -0.3 is 0 Å². The number of nitriles is 1. The third kappa shape index (κ3) is 2.79. The van der Waals surface area contributed by atoms with Crippen molar-refractivity contribution in [2.75, 3.05) is 0 Å². The van der Waals surface area contributed by atoms with E-state index < -0.39 is 17.5 Å². The second-order valence-electron chi connectivity index (χ2n) is 3.67. The smallest absolute Gasteiger partial charge is 0.194 e. The molecule has 0 fully saturated rings. The van der Waals surface area contributed by atoms with Crippen LogP contribution in [0, 0.1) is 17.1 Å². The number of thiophene rings is 1. The number of carbonyl (C=O) groups is 1. The Labute approximate surface area is 123 Å². The average molecular weight is 314 g/mol. The van der Waals surface area contributed by atoms with Gasteiger partial charge in [0.25, 0.3) is 0 Å². The molecule has 19 heavy (non-hydrogen) atoms. The number of nitrogens with zero attached hydrogens (tertiary/aromatic N) is 1. The normalized spacial score (nSPS) is 11.9. The lowest BCUT2D eigenvalue weighted by molar-refractivity contribution is 0.0981. The summed E-state index contributed by atoms with van der Waals surface area (Å²) in [6, 6.07) is 9.12. The molecule has 2 aromatic rings. The van der Waals surface area contributed by atoms with Crippen LogP contribution in [0.3, 0.4) is 0 Å². The summed E-state index contributed by atoms with van der Waals surface area (Å²) in [6.07, 6.45) is 0. The van der Waals surface area contributed by atoms with E-state index in [2.05, 4.69) is 0 Å². The summed E-state index contributed by atoms with van der Waals surface area (Å²) in [6.45, 7) is 0. The molecule has 0 saturated heterocycles. The molecular weight excluding hydrogens is 308 g/mol. The molecule has 2 rings (SSSR count). The fourth-order valence-corrected chi connectivity index (χ4v) is 2.80. The van der Waals surface area contributed by atoms with Gasteiger partial charge in [0.15, 0.2) is 5.78 Å². The lowest BCUT2D eigenvalue weighted by atomic mass is 9.95. The van der Waals surface area contributed by atoms with Crippen molar-refractivity contribution < 1.29 is 9.18 Å². The van der Waals surface area contributed by atoms with Gasteiger partial charge in [-0.1, -0.05) is 35.3 Å². The van der Waals surface area contributed by atoms with Crippen LogP contribution >= 0.6 is 34.5 Å². The molecule has 0 aliphatic rings. The van der Waals surface area contributed by atoms with Crippen LogP contribution in [0.1, 0.15) is 21.2 Å². The summed E-state index contributed by atoms with van der Waals surface area (Å²) in [5, 5.41) is 9.01. The minimum absolute atomic E-state index is 0.0236. The van der Waals surface area contributed by atoms with Gasteiger partial charge in [-0.3, -0.25) is 4.79 Å². The van der Waals surface area contributed by atoms with Crippen LogP contribution in [0.15, 0.2) is 30.3 Å². The molecule has 0 N–H and O–H groups in total. The first-order chi connectivity index (χ1) is 9.04. The topological polar surface area (TPSA) is 40.9 Å². The molecule has 0 amide bonds. The Hall–Kier alpha value is -1.41. The summed E-state index contributed by atoms with van der Waals surface area (Å²) in [5.41, 5.74) is -0.0236. The SMILES string of the molecule is N#CC(C(=O)c1ccc(Cl)s1)c1cccc(Cl)c1F. The lowest BCUT2D eigenvalue weighted by Crippen LogP contribution is -2.11. The minimum Gasteiger partial charge on any atom is -0.291 e. The summed E-state index contributed by atoms with van der Waals surface area (Å²) >= 11 is 12.5. The Balaban J connectivity index is 2.43. The predicted molar refractivity (Wildman–Crippen MR) is 73.4 cm³/mol. The second kappa shape index (κ2) is 5.70. The predicted octanol–water partition coefficient (Wildman–Crippen LogP) is 4.68.